The highest BCUT2D eigenvalue weighted by Gasteiger charge is 2.50. The second-order valence-electron chi connectivity index (χ2n) is 7.51. The van der Waals surface area contributed by atoms with Crippen molar-refractivity contribution in [3.63, 3.8) is 0 Å². The third kappa shape index (κ3) is 2.00. The topological polar surface area (TPSA) is 20.2 Å². The Bertz CT molecular complexity index is 476. The summed E-state index contributed by atoms with van der Waals surface area (Å²) >= 11 is 0. The van der Waals surface area contributed by atoms with Gasteiger partial charge in [-0.25, -0.2) is 4.39 Å². The van der Waals surface area contributed by atoms with Gasteiger partial charge in [0.1, 0.15) is 5.82 Å². The standard InChI is InChI=1S/C18H23FO/c1-10-2-15(9-16(19)3-10)18(20)17-13-5-11-4-12(7-13)8-14(17)6-11/h2-3,9,11-14,17-18,20H,4-8H2,1H3. The van der Waals surface area contributed by atoms with Gasteiger partial charge >= 0.3 is 0 Å². The fraction of sp³-hybridized carbons (Fsp3) is 0.667. The molecule has 0 heterocycles. The van der Waals surface area contributed by atoms with Crippen molar-refractivity contribution in [2.24, 2.45) is 29.6 Å². The summed E-state index contributed by atoms with van der Waals surface area (Å²) < 4.78 is 13.6. The molecule has 4 saturated carbocycles. The van der Waals surface area contributed by atoms with Gasteiger partial charge in [0.25, 0.3) is 0 Å². The molecular formula is C18H23FO. The molecule has 0 amide bonds. The highest BCUT2D eigenvalue weighted by molar-refractivity contribution is 5.26. The second-order valence-corrected chi connectivity index (χ2v) is 7.51. The zero-order chi connectivity index (χ0) is 13.9. The number of rotatable bonds is 2. The molecule has 0 aliphatic heterocycles. The van der Waals surface area contributed by atoms with Crippen LogP contribution < -0.4 is 0 Å². The van der Waals surface area contributed by atoms with Crippen molar-refractivity contribution >= 4 is 0 Å². The molecule has 1 atom stereocenters. The van der Waals surface area contributed by atoms with Gasteiger partial charge in [0, 0.05) is 0 Å². The third-order valence-electron chi connectivity index (χ3n) is 6.07. The summed E-state index contributed by atoms with van der Waals surface area (Å²) in [7, 11) is 0. The van der Waals surface area contributed by atoms with Crippen LogP contribution in [0, 0.1) is 42.3 Å². The molecule has 1 aromatic rings. The van der Waals surface area contributed by atoms with Gasteiger partial charge in [0.05, 0.1) is 6.10 Å². The van der Waals surface area contributed by atoms with E-state index in [4.69, 9.17) is 0 Å². The van der Waals surface area contributed by atoms with Crippen LogP contribution in [0.5, 0.6) is 0 Å². The van der Waals surface area contributed by atoms with E-state index in [9.17, 15) is 9.50 Å². The van der Waals surface area contributed by atoms with Crippen molar-refractivity contribution in [2.75, 3.05) is 0 Å². The largest absolute Gasteiger partial charge is 0.388 e. The van der Waals surface area contributed by atoms with Crippen LogP contribution in [0.3, 0.4) is 0 Å². The molecule has 108 valence electrons. The Kier molecular flexibility index (Phi) is 2.92. The van der Waals surface area contributed by atoms with Crippen LogP contribution in [-0.4, -0.2) is 5.11 Å². The number of aliphatic hydroxyl groups excluding tert-OH is 1. The first kappa shape index (κ1) is 12.8. The molecule has 1 nitrogen and oxygen atoms in total. The summed E-state index contributed by atoms with van der Waals surface area (Å²) in [5.41, 5.74) is 1.70. The van der Waals surface area contributed by atoms with Crippen LogP contribution in [0.2, 0.25) is 0 Å². The number of aliphatic hydroxyl groups is 1. The molecule has 1 aromatic carbocycles. The minimum Gasteiger partial charge on any atom is -0.388 e. The van der Waals surface area contributed by atoms with Crippen LogP contribution in [0.4, 0.5) is 4.39 Å². The molecule has 2 heteroatoms. The van der Waals surface area contributed by atoms with Crippen LogP contribution >= 0.6 is 0 Å². The Labute approximate surface area is 120 Å². The minimum absolute atomic E-state index is 0.220. The molecule has 4 aliphatic rings. The first-order valence-electron chi connectivity index (χ1n) is 8.05. The maximum atomic E-state index is 13.6. The molecule has 4 fully saturated rings. The number of hydrogen-bond donors (Lipinski definition) is 1. The predicted molar refractivity (Wildman–Crippen MR) is 76.6 cm³/mol. The summed E-state index contributed by atoms with van der Waals surface area (Å²) in [5.74, 6) is 3.31. The van der Waals surface area contributed by atoms with Gasteiger partial charge in [-0.3, -0.25) is 0 Å². The van der Waals surface area contributed by atoms with E-state index in [-0.39, 0.29) is 5.82 Å². The van der Waals surface area contributed by atoms with E-state index in [1.165, 1.54) is 44.2 Å². The number of hydrogen-bond acceptors (Lipinski definition) is 1. The number of benzene rings is 1. The van der Waals surface area contributed by atoms with E-state index >= 15 is 0 Å². The fourth-order valence-electron chi connectivity index (χ4n) is 5.64. The van der Waals surface area contributed by atoms with E-state index in [2.05, 4.69) is 0 Å². The van der Waals surface area contributed by atoms with Gasteiger partial charge in [0.2, 0.25) is 0 Å². The normalized spacial score (nSPS) is 40.0. The van der Waals surface area contributed by atoms with Gasteiger partial charge in [-0.15, -0.1) is 0 Å². The van der Waals surface area contributed by atoms with Crippen LogP contribution in [0.25, 0.3) is 0 Å². The quantitative estimate of drug-likeness (QED) is 0.855. The molecule has 5 rings (SSSR count). The fourth-order valence-corrected chi connectivity index (χ4v) is 5.64. The van der Waals surface area contributed by atoms with Crippen LogP contribution in [0.15, 0.2) is 18.2 Å². The van der Waals surface area contributed by atoms with Crippen molar-refractivity contribution in [1.29, 1.82) is 0 Å². The molecule has 1 unspecified atom stereocenters. The predicted octanol–water partition coefficient (Wildman–Crippen LogP) is 4.24. The Morgan fingerprint density at radius 2 is 1.60 bits per heavy atom. The van der Waals surface area contributed by atoms with Gasteiger partial charge in [-0.05, 0) is 91.9 Å². The summed E-state index contributed by atoms with van der Waals surface area (Å²) in [6.07, 6.45) is 6.13. The van der Waals surface area contributed by atoms with Crippen molar-refractivity contribution in [3.05, 3.63) is 35.1 Å². The first-order chi connectivity index (χ1) is 9.60. The van der Waals surface area contributed by atoms with Crippen molar-refractivity contribution in [2.45, 2.75) is 45.1 Å². The van der Waals surface area contributed by atoms with Gasteiger partial charge < -0.3 is 5.11 Å². The van der Waals surface area contributed by atoms with Crippen molar-refractivity contribution in [1.82, 2.24) is 0 Å². The molecular weight excluding hydrogens is 251 g/mol. The van der Waals surface area contributed by atoms with Crippen LogP contribution in [0.1, 0.15) is 49.3 Å². The third-order valence-corrected chi connectivity index (χ3v) is 6.07. The average molecular weight is 274 g/mol. The summed E-state index contributed by atoms with van der Waals surface area (Å²) in [4.78, 5) is 0. The first-order valence-corrected chi connectivity index (χ1v) is 8.05. The number of aryl methyl sites for hydroxylation is 1. The zero-order valence-electron chi connectivity index (χ0n) is 12.1. The van der Waals surface area contributed by atoms with E-state index in [1.54, 1.807) is 0 Å². The Morgan fingerprint density at radius 1 is 1.00 bits per heavy atom. The van der Waals surface area contributed by atoms with Gasteiger partial charge in [0.15, 0.2) is 0 Å². The lowest BCUT2D eigenvalue weighted by atomic mass is 9.50. The molecule has 0 radical (unpaired) electrons. The Hall–Kier alpha value is -0.890. The average Bonchev–Trinajstić information content (AvgIpc) is 2.35. The lowest BCUT2D eigenvalue weighted by Gasteiger charge is -2.55. The van der Waals surface area contributed by atoms with E-state index < -0.39 is 6.10 Å². The molecule has 1 N–H and O–H groups in total. The second kappa shape index (κ2) is 4.56. The van der Waals surface area contributed by atoms with E-state index in [1.807, 2.05) is 13.0 Å². The summed E-state index contributed by atoms with van der Waals surface area (Å²) in [5, 5.41) is 10.8. The summed E-state index contributed by atoms with van der Waals surface area (Å²) in [6.45, 7) is 1.90. The highest BCUT2D eigenvalue weighted by Crippen LogP contribution is 2.59. The maximum absolute atomic E-state index is 13.6. The maximum Gasteiger partial charge on any atom is 0.123 e. The molecule has 20 heavy (non-hydrogen) atoms. The Balaban J connectivity index is 1.63. The lowest BCUT2D eigenvalue weighted by molar-refractivity contribution is -0.0908. The smallest absolute Gasteiger partial charge is 0.123 e. The number of halogens is 1. The summed E-state index contributed by atoms with van der Waals surface area (Å²) in [6, 6.07) is 5.02. The zero-order valence-corrected chi connectivity index (χ0v) is 12.1. The lowest BCUT2D eigenvalue weighted by Crippen LogP contribution is -2.47. The molecule has 0 spiro atoms. The van der Waals surface area contributed by atoms with Gasteiger partial charge in [-0.1, -0.05) is 6.07 Å². The Morgan fingerprint density at radius 3 is 2.15 bits per heavy atom. The van der Waals surface area contributed by atoms with Crippen molar-refractivity contribution in [3.8, 4) is 0 Å². The van der Waals surface area contributed by atoms with Crippen molar-refractivity contribution < 1.29 is 9.50 Å². The molecule has 4 bridgehead atoms. The monoisotopic (exact) mass is 274 g/mol. The molecule has 0 saturated heterocycles. The van der Waals surface area contributed by atoms with E-state index in [0.717, 1.165) is 23.0 Å². The highest BCUT2D eigenvalue weighted by atomic mass is 19.1. The van der Waals surface area contributed by atoms with Gasteiger partial charge in [-0.2, -0.15) is 0 Å². The minimum atomic E-state index is -0.473. The van der Waals surface area contributed by atoms with Crippen LogP contribution in [-0.2, 0) is 0 Å². The SMILES string of the molecule is Cc1cc(F)cc(C(O)C2C3CC4CC(C3)CC2C4)c1. The molecule has 4 aliphatic carbocycles. The van der Waals surface area contributed by atoms with E-state index in [0.29, 0.717) is 17.8 Å². The molecule has 0 aromatic heterocycles.